The number of carbonyl (C=O) groups excluding carboxylic acids is 2. The van der Waals surface area contributed by atoms with Gasteiger partial charge in [0.05, 0.1) is 17.8 Å². The number of amides is 1. The van der Waals surface area contributed by atoms with E-state index in [-0.39, 0.29) is 41.2 Å². The quantitative estimate of drug-likeness (QED) is 0.324. The summed E-state index contributed by atoms with van der Waals surface area (Å²) in [4.78, 5) is 26.0. The van der Waals surface area contributed by atoms with Crippen molar-refractivity contribution in [3.05, 3.63) is 58.1 Å². The first kappa shape index (κ1) is 27.8. The van der Waals surface area contributed by atoms with Gasteiger partial charge in [0.1, 0.15) is 17.9 Å². The Kier molecular flexibility index (Phi) is 10.5. The summed E-state index contributed by atoms with van der Waals surface area (Å²) >= 11 is 5.81. The molecule has 0 spiro atoms. The van der Waals surface area contributed by atoms with Crippen molar-refractivity contribution in [2.24, 2.45) is 11.8 Å². The molecule has 4 nitrogen and oxygen atoms in total. The topological polar surface area (TPSA) is 49.4 Å². The van der Waals surface area contributed by atoms with Crippen LogP contribution < -0.4 is 10.2 Å². The van der Waals surface area contributed by atoms with Crippen molar-refractivity contribution < 1.29 is 18.4 Å². The van der Waals surface area contributed by atoms with Crippen LogP contribution in [0.3, 0.4) is 0 Å². The molecule has 2 rings (SSSR count). The number of anilines is 2. The molecular weight excluding hydrogens is 458 g/mol. The Hall–Kier alpha value is -2.47. The maximum Gasteiger partial charge on any atom is 0.228 e. The molecule has 34 heavy (non-hydrogen) atoms. The molecule has 1 atom stereocenters. The maximum atomic E-state index is 15.6. The third-order valence-corrected chi connectivity index (χ3v) is 5.79. The highest BCUT2D eigenvalue weighted by Crippen LogP contribution is 2.36. The summed E-state index contributed by atoms with van der Waals surface area (Å²) in [6.07, 6.45) is 1.53. The Morgan fingerprint density at radius 1 is 1.06 bits per heavy atom. The zero-order valence-electron chi connectivity index (χ0n) is 20.6. The number of carbonyl (C=O) groups is 2. The Labute approximate surface area is 206 Å². The molecule has 2 aromatic rings. The minimum absolute atomic E-state index is 0.158. The van der Waals surface area contributed by atoms with Crippen LogP contribution in [-0.2, 0) is 16.0 Å². The van der Waals surface area contributed by atoms with Crippen molar-refractivity contribution in [3.8, 4) is 0 Å². The van der Waals surface area contributed by atoms with Gasteiger partial charge in [0.2, 0.25) is 5.91 Å². The summed E-state index contributed by atoms with van der Waals surface area (Å²) in [6, 6.07) is 7.37. The van der Waals surface area contributed by atoms with E-state index in [0.717, 1.165) is 12.4 Å². The lowest BCUT2D eigenvalue weighted by Gasteiger charge is -2.31. The summed E-state index contributed by atoms with van der Waals surface area (Å²) in [7, 11) is 0. The molecule has 0 aliphatic heterocycles. The van der Waals surface area contributed by atoms with Gasteiger partial charge in [-0.25, -0.2) is 8.78 Å². The molecule has 7 heteroatoms. The average molecular weight is 493 g/mol. The van der Waals surface area contributed by atoms with E-state index in [2.05, 4.69) is 33.0 Å². The van der Waals surface area contributed by atoms with Gasteiger partial charge in [-0.15, -0.1) is 0 Å². The molecule has 0 saturated carbocycles. The van der Waals surface area contributed by atoms with Crippen LogP contribution in [0.5, 0.6) is 0 Å². The van der Waals surface area contributed by atoms with Gasteiger partial charge < -0.3 is 15.0 Å². The van der Waals surface area contributed by atoms with Crippen molar-refractivity contribution in [2.75, 3.05) is 23.3 Å². The molecule has 186 valence electrons. The first-order chi connectivity index (χ1) is 16.0. The van der Waals surface area contributed by atoms with Crippen LogP contribution in [0.1, 0.15) is 64.5 Å². The van der Waals surface area contributed by atoms with Crippen molar-refractivity contribution in [1.82, 2.24) is 0 Å². The predicted octanol–water partition coefficient (Wildman–Crippen LogP) is 7.00. The zero-order valence-corrected chi connectivity index (χ0v) is 21.4. The molecule has 0 bridgehead atoms. The van der Waals surface area contributed by atoms with Gasteiger partial charge in [0, 0.05) is 24.5 Å². The fraction of sp³-hybridized carbons (Fsp3) is 0.481. The normalized spacial score (nSPS) is 12.2. The van der Waals surface area contributed by atoms with E-state index in [1.807, 2.05) is 11.8 Å². The van der Waals surface area contributed by atoms with Gasteiger partial charge in [0.15, 0.2) is 0 Å². The van der Waals surface area contributed by atoms with E-state index in [1.54, 1.807) is 6.07 Å². The van der Waals surface area contributed by atoms with Crippen LogP contribution in [0, 0.1) is 23.5 Å². The van der Waals surface area contributed by atoms with Crippen molar-refractivity contribution in [1.29, 1.82) is 0 Å². The average Bonchev–Trinajstić information content (AvgIpc) is 2.72. The molecule has 2 aromatic carbocycles. The van der Waals surface area contributed by atoms with Gasteiger partial charge in [-0.1, -0.05) is 52.3 Å². The number of nitrogens with one attached hydrogen (secondary N) is 1. The van der Waals surface area contributed by atoms with Crippen LogP contribution in [0.4, 0.5) is 20.2 Å². The minimum atomic E-state index is -0.568. The minimum Gasteiger partial charge on any atom is -0.367 e. The Balaban J connectivity index is 2.51. The second-order valence-corrected chi connectivity index (χ2v) is 10.00. The second-order valence-electron chi connectivity index (χ2n) is 9.56. The van der Waals surface area contributed by atoms with E-state index < -0.39 is 17.5 Å². The fourth-order valence-corrected chi connectivity index (χ4v) is 4.26. The van der Waals surface area contributed by atoms with Gasteiger partial charge >= 0.3 is 0 Å². The van der Waals surface area contributed by atoms with E-state index >= 15 is 4.39 Å². The van der Waals surface area contributed by atoms with E-state index in [9.17, 15) is 14.0 Å². The maximum absolute atomic E-state index is 15.6. The van der Waals surface area contributed by atoms with Gasteiger partial charge in [-0.05, 0) is 59.6 Å². The van der Waals surface area contributed by atoms with Crippen LogP contribution in [0.2, 0.25) is 5.02 Å². The smallest absolute Gasteiger partial charge is 0.228 e. The van der Waals surface area contributed by atoms with Gasteiger partial charge in [-0.3, -0.25) is 4.79 Å². The van der Waals surface area contributed by atoms with Crippen LogP contribution in [0.25, 0.3) is 0 Å². The summed E-state index contributed by atoms with van der Waals surface area (Å²) in [6.45, 7) is 11.4. The third-order valence-electron chi connectivity index (χ3n) is 5.56. The van der Waals surface area contributed by atoms with Crippen molar-refractivity contribution >= 4 is 35.2 Å². The third kappa shape index (κ3) is 7.79. The molecule has 1 N–H and O–H groups in total. The predicted molar refractivity (Wildman–Crippen MR) is 136 cm³/mol. The molecule has 0 radical (unpaired) electrons. The van der Waals surface area contributed by atoms with Crippen LogP contribution >= 0.6 is 11.6 Å². The molecule has 0 aliphatic rings. The molecule has 1 unspecified atom stereocenters. The van der Waals surface area contributed by atoms with Crippen molar-refractivity contribution in [2.45, 2.75) is 59.8 Å². The SMILES string of the molecule is CCC(CC=O)c1cc(F)c(N(CC(C)C)CC(C)C)c(NC(=O)Cc2ccc(Cl)cc2F)c1. The highest BCUT2D eigenvalue weighted by atomic mass is 35.5. The number of hydrogen-bond donors (Lipinski definition) is 1. The lowest BCUT2D eigenvalue weighted by Crippen LogP contribution is -2.33. The highest BCUT2D eigenvalue weighted by Gasteiger charge is 2.23. The first-order valence-electron chi connectivity index (χ1n) is 11.8. The number of nitrogens with zero attached hydrogens (tertiary/aromatic N) is 1. The molecule has 0 aromatic heterocycles. The Morgan fingerprint density at radius 3 is 2.24 bits per heavy atom. The van der Waals surface area contributed by atoms with Crippen molar-refractivity contribution in [3.63, 3.8) is 0 Å². The Bertz CT molecular complexity index is 985. The van der Waals surface area contributed by atoms with Crippen LogP contribution in [0.15, 0.2) is 30.3 Å². The van der Waals surface area contributed by atoms with Crippen LogP contribution in [-0.4, -0.2) is 25.3 Å². The van der Waals surface area contributed by atoms with E-state index in [4.69, 9.17) is 11.6 Å². The standard InChI is InChI=1S/C27H35ClF2N2O2/c1-6-19(9-10-33)21-11-24(30)27(32(15-17(2)3)16-18(4)5)25(12-21)31-26(34)13-20-7-8-22(28)14-23(20)29/h7-8,10-12,14,17-19H,6,9,13,15-16H2,1-5H3,(H,31,34). The molecule has 0 fully saturated rings. The lowest BCUT2D eigenvalue weighted by atomic mass is 9.92. The molecule has 1 amide bonds. The highest BCUT2D eigenvalue weighted by molar-refractivity contribution is 6.30. The Morgan fingerprint density at radius 2 is 1.71 bits per heavy atom. The first-order valence-corrected chi connectivity index (χ1v) is 12.2. The largest absolute Gasteiger partial charge is 0.367 e. The zero-order chi connectivity index (χ0) is 25.4. The summed E-state index contributed by atoms with van der Waals surface area (Å²) < 4.78 is 29.9. The summed E-state index contributed by atoms with van der Waals surface area (Å²) in [5, 5.41) is 3.07. The monoisotopic (exact) mass is 492 g/mol. The molecule has 0 saturated heterocycles. The number of halogens is 3. The van der Waals surface area contributed by atoms with Gasteiger partial charge in [0.25, 0.3) is 0 Å². The van der Waals surface area contributed by atoms with E-state index in [1.165, 1.54) is 18.2 Å². The lowest BCUT2D eigenvalue weighted by molar-refractivity contribution is -0.115. The van der Waals surface area contributed by atoms with E-state index in [0.29, 0.717) is 36.4 Å². The summed E-state index contributed by atoms with van der Waals surface area (Å²) in [5.41, 5.74) is 1.50. The molecule has 0 heterocycles. The molecular formula is C27H35ClF2N2O2. The second kappa shape index (κ2) is 12.8. The van der Waals surface area contributed by atoms with Gasteiger partial charge in [-0.2, -0.15) is 0 Å². The number of benzene rings is 2. The summed E-state index contributed by atoms with van der Waals surface area (Å²) in [5.74, 6) is -1.10. The fourth-order valence-electron chi connectivity index (χ4n) is 4.10. The number of rotatable bonds is 12. The number of aldehydes is 1. The number of hydrogen-bond acceptors (Lipinski definition) is 3. The molecule has 0 aliphatic carbocycles.